The summed E-state index contributed by atoms with van der Waals surface area (Å²) in [5, 5.41) is 4.81. The second kappa shape index (κ2) is 4.02. The minimum Gasteiger partial charge on any atom is -0.354 e. The normalized spacial score (nSPS) is 35.1. The summed E-state index contributed by atoms with van der Waals surface area (Å²) in [4.78, 5) is 14.2. The summed E-state index contributed by atoms with van der Waals surface area (Å²) in [5.74, 6) is 0.449. The summed E-state index contributed by atoms with van der Waals surface area (Å²) in [5.41, 5.74) is 3.25. The fourth-order valence-corrected chi connectivity index (χ4v) is 3.21. The monoisotopic (exact) mass is 267 g/mol. The lowest BCUT2D eigenvalue weighted by Crippen LogP contribution is -2.35. The first-order valence-corrected chi connectivity index (χ1v) is 6.72. The van der Waals surface area contributed by atoms with Crippen LogP contribution in [0.4, 0.5) is 0 Å². The largest absolute Gasteiger partial charge is 0.354 e. The molecule has 2 saturated carbocycles. The predicted molar refractivity (Wildman–Crippen MR) is 76.5 cm³/mol. The van der Waals surface area contributed by atoms with Gasteiger partial charge in [0.05, 0.1) is 0 Å². The molecule has 0 aromatic rings. The zero-order chi connectivity index (χ0) is 13.7. The SMILES string of the molecule is CN(C)C(=S)N/N=C1/C(=O)[C@]2(C)CC[C@H]1C2(C)C. The molecule has 2 aliphatic carbocycles. The van der Waals surface area contributed by atoms with Gasteiger partial charge in [0.2, 0.25) is 0 Å². The maximum atomic E-state index is 12.5. The molecule has 0 aromatic carbocycles. The standard InChI is InChI=1S/C13H21N3OS/c1-12(2)8-6-7-13(12,3)10(17)9(8)14-15-11(18)16(4)5/h8H,6-7H2,1-5H3,(H,15,18)/b14-9+/t8-,13+/m1/s1. The molecule has 0 aliphatic heterocycles. The number of nitrogens with one attached hydrogen (secondary N) is 1. The van der Waals surface area contributed by atoms with Crippen molar-refractivity contribution in [3.8, 4) is 0 Å². The van der Waals surface area contributed by atoms with Crippen molar-refractivity contribution < 1.29 is 4.79 Å². The van der Waals surface area contributed by atoms with Gasteiger partial charge in [-0.2, -0.15) is 5.10 Å². The molecule has 2 rings (SSSR count). The molecule has 2 bridgehead atoms. The number of carbonyl (C=O) groups excluding carboxylic acids is 1. The van der Waals surface area contributed by atoms with Gasteiger partial charge in [-0.05, 0) is 30.5 Å². The highest BCUT2D eigenvalue weighted by Crippen LogP contribution is 2.62. The van der Waals surface area contributed by atoms with Crippen molar-refractivity contribution in [2.45, 2.75) is 33.6 Å². The molecule has 2 fully saturated rings. The van der Waals surface area contributed by atoms with Crippen LogP contribution in [-0.2, 0) is 4.79 Å². The van der Waals surface area contributed by atoms with Crippen molar-refractivity contribution >= 4 is 28.8 Å². The fourth-order valence-electron chi connectivity index (χ4n) is 3.16. The second-order valence-electron chi connectivity index (χ2n) is 6.28. The van der Waals surface area contributed by atoms with E-state index in [1.54, 1.807) is 4.90 Å². The van der Waals surface area contributed by atoms with Gasteiger partial charge in [-0.1, -0.05) is 20.8 Å². The van der Waals surface area contributed by atoms with Crippen LogP contribution in [0, 0.1) is 16.7 Å². The van der Waals surface area contributed by atoms with Gasteiger partial charge in [-0.3, -0.25) is 10.2 Å². The van der Waals surface area contributed by atoms with Crippen LogP contribution in [0.2, 0.25) is 0 Å². The number of hydrazone groups is 1. The number of nitrogens with zero attached hydrogens (tertiary/aromatic N) is 2. The summed E-state index contributed by atoms with van der Waals surface area (Å²) in [6.45, 7) is 6.42. The van der Waals surface area contributed by atoms with E-state index in [0.29, 0.717) is 10.8 Å². The summed E-state index contributed by atoms with van der Waals surface area (Å²) < 4.78 is 0. The van der Waals surface area contributed by atoms with Crippen LogP contribution in [0.1, 0.15) is 33.6 Å². The van der Waals surface area contributed by atoms with Gasteiger partial charge in [-0.15, -0.1) is 0 Å². The van der Waals surface area contributed by atoms with E-state index >= 15 is 0 Å². The first kappa shape index (κ1) is 13.5. The van der Waals surface area contributed by atoms with Crippen molar-refractivity contribution in [3.05, 3.63) is 0 Å². The number of hydrogen-bond donors (Lipinski definition) is 1. The topological polar surface area (TPSA) is 44.7 Å². The molecule has 0 heterocycles. The Morgan fingerprint density at radius 3 is 2.50 bits per heavy atom. The molecule has 1 N–H and O–H groups in total. The fraction of sp³-hybridized carbons (Fsp3) is 0.769. The summed E-state index contributed by atoms with van der Waals surface area (Å²) in [6.07, 6.45) is 2.02. The molecule has 0 spiro atoms. The quantitative estimate of drug-likeness (QED) is 0.581. The van der Waals surface area contributed by atoms with Crippen LogP contribution in [0.5, 0.6) is 0 Å². The van der Waals surface area contributed by atoms with Crippen LogP contribution in [0.15, 0.2) is 5.10 Å². The van der Waals surface area contributed by atoms with Gasteiger partial charge >= 0.3 is 0 Å². The van der Waals surface area contributed by atoms with Crippen molar-refractivity contribution in [2.75, 3.05) is 14.1 Å². The molecule has 100 valence electrons. The Kier molecular flexibility index (Phi) is 3.00. The maximum absolute atomic E-state index is 12.5. The van der Waals surface area contributed by atoms with Crippen LogP contribution in [-0.4, -0.2) is 35.6 Å². The third-order valence-corrected chi connectivity index (χ3v) is 5.42. The van der Waals surface area contributed by atoms with Gasteiger partial charge in [0.15, 0.2) is 10.9 Å². The number of hydrogen-bond acceptors (Lipinski definition) is 3. The molecule has 18 heavy (non-hydrogen) atoms. The molecule has 5 heteroatoms. The lowest BCUT2D eigenvalue weighted by Gasteiger charge is -2.31. The van der Waals surface area contributed by atoms with Crippen LogP contribution in [0.25, 0.3) is 0 Å². The zero-order valence-corrected chi connectivity index (χ0v) is 12.5. The molecule has 0 unspecified atom stereocenters. The molecule has 4 nitrogen and oxygen atoms in total. The Labute approximate surface area is 114 Å². The van der Waals surface area contributed by atoms with Crippen molar-refractivity contribution in [2.24, 2.45) is 21.8 Å². The first-order chi connectivity index (χ1) is 8.22. The third kappa shape index (κ3) is 1.60. The number of thiocarbonyl (C=S) groups is 1. The lowest BCUT2D eigenvalue weighted by atomic mass is 9.70. The van der Waals surface area contributed by atoms with Crippen molar-refractivity contribution in [3.63, 3.8) is 0 Å². The summed E-state index contributed by atoms with van der Waals surface area (Å²) >= 11 is 5.12. The van der Waals surface area contributed by atoms with E-state index in [4.69, 9.17) is 12.2 Å². The van der Waals surface area contributed by atoms with Crippen molar-refractivity contribution in [1.29, 1.82) is 0 Å². The zero-order valence-electron chi connectivity index (χ0n) is 11.7. The van der Waals surface area contributed by atoms with Crippen LogP contribution >= 0.6 is 12.2 Å². The van der Waals surface area contributed by atoms with E-state index in [2.05, 4.69) is 31.3 Å². The van der Waals surface area contributed by atoms with Crippen molar-refractivity contribution in [1.82, 2.24) is 10.3 Å². The highest BCUT2D eigenvalue weighted by molar-refractivity contribution is 7.80. The van der Waals surface area contributed by atoms with Crippen LogP contribution < -0.4 is 5.43 Å². The predicted octanol–water partition coefficient (Wildman–Crippen LogP) is 1.80. The number of Topliss-reactive ketones (excluding diaryl/α,β-unsaturated/α-hetero) is 1. The molecule has 2 atom stereocenters. The van der Waals surface area contributed by atoms with E-state index < -0.39 is 0 Å². The minimum absolute atomic E-state index is 0.00430. The molecular formula is C13H21N3OS. The van der Waals surface area contributed by atoms with E-state index in [9.17, 15) is 4.79 Å². The third-order valence-electron chi connectivity index (χ3n) is 4.97. The Balaban J connectivity index is 2.25. The molecule has 0 radical (unpaired) electrons. The van der Waals surface area contributed by atoms with E-state index in [-0.39, 0.29) is 22.5 Å². The van der Waals surface area contributed by atoms with Gasteiger partial charge < -0.3 is 4.90 Å². The summed E-state index contributed by atoms with van der Waals surface area (Å²) in [7, 11) is 3.70. The average molecular weight is 267 g/mol. The second-order valence-corrected chi connectivity index (χ2v) is 6.67. The molecule has 0 amide bonds. The number of ketones is 1. The Morgan fingerprint density at radius 2 is 2.06 bits per heavy atom. The van der Waals surface area contributed by atoms with Crippen LogP contribution in [0.3, 0.4) is 0 Å². The minimum atomic E-state index is -0.252. The highest BCUT2D eigenvalue weighted by Gasteiger charge is 2.65. The van der Waals surface area contributed by atoms with E-state index in [0.717, 1.165) is 12.8 Å². The first-order valence-electron chi connectivity index (χ1n) is 6.31. The molecule has 0 saturated heterocycles. The van der Waals surface area contributed by atoms with Gasteiger partial charge in [-0.25, -0.2) is 0 Å². The smallest absolute Gasteiger partial charge is 0.189 e. The Hall–Kier alpha value is -0.970. The Morgan fingerprint density at radius 1 is 1.44 bits per heavy atom. The molecule has 0 aromatic heterocycles. The summed E-state index contributed by atoms with van der Waals surface area (Å²) in [6, 6.07) is 0. The van der Waals surface area contributed by atoms with Gasteiger partial charge in [0, 0.05) is 25.4 Å². The molecule has 2 aliphatic rings. The maximum Gasteiger partial charge on any atom is 0.189 e. The van der Waals surface area contributed by atoms with E-state index in [1.165, 1.54) is 0 Å². The van der Waals surface area contributed by atoms with Gasteiger partial charge in [0.25, 0.3) is 0 Å². The number of carbonyl (C=O) groups is 1. The van der Waals surface area contributed by atoms with E-state index in [1.807, 2.05) is 14.1 Å². The number of rotatable bonds is 1. The lowest BCUT2D eigenvalue weighted by molar-refractivity contribution is -0.123. The highest BCUT2D eigenvalue weighted by atomic mass is 32.1. The molecular weight excluding hydrogens is 246 g/mol. The average Bonchev–Trinajstić information content (AvgIpc) is 2.58. The van der Waals surface area contributed by atoms with Gasteiger partial charge in [0.1, 0.15) is 5.71 Å². The number of fused-ring (bicyclic) bond motifs is 2. The Bertz CT molecular complexity index is 442.